The monoisotopic (exact) mass is 376 g/mol. The van der Waals surface area contributed by atoms with Crippen molar-refractivity contribution in [1.29, 1.82) is 0 Å². The number of urea groups is 2. The van der Waals surface area contributed by atoms with Crippen LogP contribution in [0.5, 0.6) is 0 Å². The number of pyridine rings is 1. The standard InChI is InChI=1S/C16H17ClN6O3/c1-10-2-7-13(18-8-10)21-15(25)19-9-14(24)22-23-16(26)20-12-5-3-11(17)4-6-12/h2-8H,9H2,1H3,(H,22,24)(H2,20,23,26)(H2,18,19,21,25). The molecule has 0 bridgehead atoms. The Morgan fingerprint density at radius 2 is 1.69 bits per heavy atom. The molecule has 5 N–H and O–H groups in total. The van der Waals surface area contributed by atoms with E-state index in [9.17, 15) is 14.4 Å². The molecule has 10 heteroatoms. The van der Waals surface area contributed by atoms with Gasteiger partial charge in [0.1, 0.15) is 12.4 Å². The Morgan fingerprint density at radius 1 is 0.962 bits per heavy atom. The number of hydrogen-bond acceptors (Lipinski definition) is 4. The normalized spacial score (nSPS) is 9.77. The van der Waals surface area contributed by atoms with E-state index in [0.29, 0.717) is 16.5 Å². The molecule has 0 aliphatic rings. The quantitative estimate of drug-likeness (QED) is 0.523. The number of hydrogen-bond donors (Lipinski definition) is 5. The van der Waals surface area contributed by atoms with Gasteiger partial charge in [0.15, 0.2) is 0 Å². The molecule has 5 amide bonds. The van der Waals surface area contributed by atoms with E-state index in [2.05, 4.69) is 31.8 Å². The molecule has 0 spiro atoms. The number of hydrazine groups is 1. The van der Waals surface area contributed by atoms with Crippen LogP contribution in [-0.4, -0.2) is 29.5 Å². The van der Waals surface area contributed by atoms with Gasteiger partial charge in [-0.15, -0.1) is 0 Å². The molecule has 1 aromatic heterocycles. The molecule has 0 aliphatic heterocycles. The van der Waals surface area contributed by atoms with Gasteiger partial charge >= 0.3 is 12.1 Å². The van der Waals surface area contributed by atoms with Crippen molar-refractivity contribution in [2.24, 2.45) is 0 Å². The lowest BCUT2D eigenvalue weighted by Gasteiger charge is -2.10. The lowest BCUT2D eigenvalue weighted by Crippen LogP contribution is -2.48. The second-order valence-corrected chi connectivity index (χ2v) is 5.60. The highest BCUT2D eigenvalue weighted by molar-refractivity contribution is 6.30. The number of aryl methyl sites for hydroxylation is 1. The van der Waals surface area contributed by atoms with Crippen molar-refractivity contribution in [1.82, 2.24) is 21.2 Å². The van der Waals surface area contributed by atoms with E-state index in [1.165, 1.54) is 0 Å². The van der Waals surface area contributed by atoms with E-state index in [1.807, 2.05) is 6.92 Å². The number of nitrogens with one attached hydrogen (secondary N) is 5. The van der Waals surface area contributed by atoms with Crippen molar-refractivity contribution < 1.29 is 14.4 Å². The second kappa shape index (κ2) is 9.23. The Balaban J connectivity index is 1.66. The summed E-state index contributed by atoms with van der Waals surface area (Å²) in [5, 5.41) is 7.84. The van der Waals surface area contributed by atoms with Crippen LogP contribution in [0.15, 0.2) is 42.6 Å². The smallest absolute Gasteiger partial charge is 0.329 e. The molecule has 0 saturated carbocycles. The van der Waals surface area contributed by atoms with Crippen LogP contribution in [0.2, 0.25) is 5.02 Å². The van der Waals surface area contributed by atoms with Crippen molar-refractivity contribution in [3.05, 3.63) is 53.2 Å². The van der Waals surface area contributed by atoms with Crippen LogP contribution < -0.4 is 26.8 Å². The molecular weight excluding hydrogens is 360 g/mol. The molecule has 9 nitrogen and oxygen atoms in total. The molecule has 2 rings (SSSR count). The molecule has 2 aromatic rings. The maximum atomic E-state index is 11.7. The van der Waals surface area contributed by atoms with E-state index in [-0.39, 0.29) is 6.54 Å². The molecule has 26 heavy (non-hydrogen) atoms. The summed E-state index contributed by atoms with van der Waals surface area (Å²) in [4.78, 5) is 38.9. The summed E-state index contributed by atoms with van der Waals surface area (Å²) < 4.78 is 0. The topological polar surface area (TPSA) is 124 Å². The van der Waals surface area contributed by atoms with Gasteiger partial charge < -0.3 is 10.6 Å². The highest BCUT2D eigenvalue weighted by Crippen LogP contribution is 2.12. The van der Waals surface area contributed by atoms with Crippen LogP contribution in [0.1, 0.15) is 5.56 Å². The fourth-order valence-corrected chi connectivity index (χ4v) is 1.86. The van der Waals surface area contributed by atoms with Gasteiger partial charge in [0.05, 0.1) is 0 Å². The minimum Gasteiger partial charge on any atom is -0.329 e. The summed E-state index contributed by atoms with van der Waals surface area (Å²) >= 11 is 5.74. The van der Waals surface area contributed by atoms with E-state index in [1.54, 1.807) is 42.6 Å². The SMILES string of the molecule is Cc1ccc(NC(=O)NCC(=O)NNC(=O)Nc2ccc(Cl)cc2)nc1. The summed E-state index contributed by atoms with van der Waals surface area (Å²) in [6.45, 7) is 1.54. The van der Waals surface area contributed by atoms with Crippen molar-refractivity contribution in [2.45, 2.75) is 6.92 Å². The largest absolute Gasteiger partial charge is 0.337 e. The maximum Gasteiger partial charge on any atom is 0.337 e. The van der Waals surface area contributed by atoms with Crippen LogP contribution in [0.4, 0.5) is 21.1 Å². The van der Waals surface area contributed by atoms with Crippen LogP contribution in [-0.2, 0) is 4.79 Å². The van der Waals surface area contributed by atoms with Gasteiger partial charge in [-0.05, 0) is 42.8 Å². The summed E-state index contributed by atoms with van der Waals surface area (Å²) in [7, 11) is 0. The van der Waals surface area contributed by atoms with Gasteiger partial charge in [-0.2, -0.15) is 0 Å². The first-order chi connectivity index (χ1) is 12.4. The summed E-state index contributed by atoms with van der Waals surface area (Å²) in [6.07, 6.45) is 1.60. The molecule has 1 heterocycles. The number of benzene rings is 1. The number of carbonyl (C=O) groups excluding carboxylic acids is 3. The predicted molar refractivity (Wildman–Crippen MR) is 97.7 cm³/mol. The fourth-order valence-electron chi connectivity index (χ4n) is 1.73. The van der Waals surface area contributed by atoms with Gasteiger partial charge in [0.2, 0.25) is 0 Å². The third-order valence-electron chi connectivity index (χ3n) is 2.98. The van der Waals surface area contributed by atoms with Crippen molar-refractivity contribution in [2.75, 3.05) is 17.2 Å². The first-order valence-electron chi connectivity index (χ1n) is 7.51. The molecule has 0 unspecified atom stereocenters. The van der Waals surface area contributed by atoms with Crippen molar-refractivity contribution in [3.63, 3.8) is 0 Å². The number of carbonyl (C=O) groups is 3. The van der Waals surface area contributed by atoms with Gasteiger partial charge in [-0.1, -0.05) is 17.7 Å². The predicted octanol–water partition coefficient (Wildman–Crippen LogP) is 2.02. The van der Waals surface area contributed by atoms with E-state index < -0.39 is 18.0 Å². The van der Waals surface area contributed by atoms with E-state index in [0.717, 1.165) is 5.56 Å². The van der Waals surface area contributed by atoms with Gasteiger partial charge in [-0.3, -0.25) is 15.5 Å². The van der Waals surface area contributed by atoms with Crippen LogP contribution in [0, 0.1) is 6.92 Å². The van der Waals surface area contributed by atoms with Crippen LogP contribution >= 0.6 is 11.6 Å². The Hall–Kier alpha value is -3.33. The Labute approximate surface area is 154 Å². The van der Waals surface area contributed by atoms with Gasteiger partial charge in [0.25, 0.3) is 5.91 Å². The number of halogens is 1. The zero-order valence-corrected chi connectivity index (χ0v) is 14.6. The van der Waals surface area contributed by atoms with Crippen molar-refractivity contribution in [3.8, 4) is 0 Å². The lowest BCUT2D eigenvalue weighted by atomic mass is 10.3. The highest BCUT2D eigenvalue weighted by Gasteiger charge is 2.08. The number of anilines is 2. The molecular formula is C16H17ClN6O3. The van der Waals surface area contributed by atoms with Gasteiger partial charge in [0, 0.05) is 16.9 Å². The minimum atomic E-state index is -0.644. The van der Waals surface area contributed by atoms with Crippen LogP contribution in [0.3, 0.4) is 0 Å². The Kier molecular flexibility index (Phi) is 6.75. The zero-order chi connectivity index (χ0) is 18.9. The van der Waals surface area contributed by atoms with Crippen LogP contribution in [0.25, 0.3) is 0 Å². The molecule has 0 radical (unpaired) electrons. The molecule has 0 atom stereocenters. The average molecular weight is 377 g/mol. The molecule has 0 aliphatic carbocycles. The first kappa shape index (κ1) is 19.0. The Bertz CT molecular complexity index is 714. The average Bonchev–Trinajstić information content (AvgIpc) is 2.62. The van der Waals surface area contributed by atoms with E-state index >= 15 is 0 Å². The third kappa shape index (κ3) is 6.65. The number of amides is 5. The third-order valence-corrected chi connectivity index (χ3v) is 3.23. The van der Waals surface area contributed by atoms with Crippen molar-refractivity contribution >= 4 is 41.1 Å². The summed E-state index contributed by atoms with van der Waals surface area (Å²) in [6, 6.07) is 8.62. The zero-order valence-electron chi connectivity index (χ0n) is 13.8. The maximum absolute atomic E-state index is 11.7. The second-order valence-electron chi connectivity index (χ2n) is 5.16. The molecule has 1 aromatic carbocycles. The molecule has 0 fully saturated rings. The molecule has 0 saturated heterocycles. The van der Waals surface area contributed by atoms with Gasteiger partial charge in [-0.25, -0.2) is 20.0 Å². The summed E-state index contributed by atoms with van der Waals surface area (Å²) in [5.74, 6) is -0.253. The number of nitrogens with zero attached hydrogens (tertiary/aromatic N) is 1. The minimum absolute atomic E-state index is 0.334. The highest BCUT2D eigenvalue weighted by atomic mass is 35.5. The number of aromatic nitrogens is 1. The Morgan fingerprint density at radius 3 is 2.35 bits per heavy atom. The van der Waals surface area contributed by atoms with E-state index in [4.69, 9.17) is 11.6 Å². The lowest BCUT2D eigenvalue weighted by molar-refractivity contribution is -0.120. The summed E-state index contributed by atoms with van der Waals surface area (Å²) in [5.41, 5.74) is 5.77. The fraction of sp³-hybridized carbons (Fsp3) is 0.125. The first-order valence-corrected chi connectivity index (χ1v) is 7.89. The molecule has 136 valence electrons. The number of rotatable bonds is 4.